The molecule has 0 amide bonds. The lowest BCUT2D eigenvalue weighted by Crippen LogP contribution is -2.51. The van der Waals surface area contributed by atoms with Gasteiger partial charge in [-0.1, -0.05) is 12.1 Å². The molecule has 3 rings (SSSR count). The summed E-state index contributed by atoms with van der Waals surface area (Å²) in [5, 5.41) is 0.915. The smallest absolute Gasteiger partial charge is 0.227 e. The Kier molecular flexibility index (Phi) is 4.40. The molecule has 0 aliphatic carbocycles. The molecule has 2 heterocycles. The molecule has 1 aromatic carbocycles. The minimum Gasteiger partial charge on any atom is -0.383 e. The molecule has 1 atom stereocenters. The van der Waals surface area contributed by atoms with Crippen molar-refractivity contribution in [3.63, 3.8) is 0 Å². The third kappa shape index (κ3) is 2.98. The quantitative estimate of drug-likeness (QED) is 0.920. The van der Waals surface area contributed by atoms with E-state index in [9.17, 15) is 0 Å². The first-order chi connectivity index (χ1) is 10.7. The zero-order valence-electron chi connectivity index (χ0n) is 13.2. The Hall–Kier alpha value is -1.92. The summed E-state index contributed by atoms with van der Waals surface area (Å²) in [7, 11) is 1.75. The van der Waals surface area contributed by atoms with Crippen LogP contribution in [0.3, 0.4) is 0 Å². The van der Waals surface area contributed by atoms with E-state index in [4.69, 9.17) is 10.5 Å². The Morgan fingerprint density at radius 2 is 1.91 bits per heavy atom. The van der Waals surface area contributed by atoms with Gasteiger partial charge in [0.25, 0.3) is 0 Å². The van der Waals surface area contributed by atoms with Gasteiger partial charge in [0.1, 0.15) is 5.82 Å². The van der Waals surface area contributed by atoms with Crippen LogP contribution in [0.1, 0.15) is 6.92 Å². The molecular formula is C16H23N5O. The summed E-state index contributed by atoms with van der Waals surface area (Å²) in [4.78, 5) is 13.8. The van der Waals surface area contributed by atoms with Gasteiger partial charge in [-0.3, -0.25) is 4.90 Å². The monoisotopic (exact) mass is 301 g/mol. The van der Waals surface area contributed by atoms with Gasteiger partial charge in [-0.25, -0.2) is 4.98 Å². The zero-order valence-corrected chi connectivity index (χ0v) is 13.2. The lowest BCUT2D eigenvalue weighted by Gasteiger charge is -2.37. The molecule has 0 spiro atoms. The van der Waals surface area contributed by atoms with Gasteiger partial charge in [-0.15, -0.1) is 0 Å². The Labute approximate surface area is 130 Å². The first-order valence-electron chi connectivity index (χ1n) is 7.69. The van der Waals surface area contributed by atoms with Crippen molar-refractivity contribution >= 4 is 22.7 Å². The Balaban J connectivity index is 1.74. The molecule has 118 valence electrons. The number of rotatable bonds is 4. The Bertz CT molecular complexity index is 639. The number of ether oxygens (including phenoxy) is 1. The molecule has 1 aliphatic heterocycles. The van der Waals surface area contributed by atoms with E-state index in [1.807, 2.05) is 24.3 Å². The highest BCUT2D eigenvalue weighted by Gasteiger charge is 2.23. The van der Waals surface area contributed by atoms with Crippen molar-refractivity contribution in [2.75, 3.05) is 50.5 Å². The first-order valence-corrected chi connectivity index (χ1v) is 7.69. The molecule has 22 heavy (non-hydrogen) atoms. The van der Waals surface area contributed by atoms with E-state index < -0.39 is 0 Å². The predicted molar refractivity (Wildman–Crippen MR) is 89.1 cm³/mol. The average Bonchev–Trinajstić information content (AvgIpc) is 2.55. The van der Waals surface area contributed by atoms with Crippen LogP contribution in [-0.2, 0) is 4.74 Å². The molecule has 1 aromatic heterocycles. The molecule has 2 aromatic rings. The van der Waals surface area contributed by atoms with Crippen molar-refractivity contribution in [2.45, 2.75) is 13.0 Å². The third-order valence-electron chi connectivity index (χ3n) is 4.25. The molecule has 1 fully saturated rings. The Morgan fingerprint density at radius 1 is 1.18 bits per heavy atom. The van der Waals surface area contributed by atoms with Crippen LogP contribution in [0.4, 0.5) is 11.8 Å². The summed E-state index contributed by atoms with van der Waals surface area (Å²) in [6.07, 6.45) is 0. The highest BCUT2D eigenvalue weighted by atomic mass is 16.5. The summed E-state index contributed by atoms with van der Waals surface area (Å²) in [5.74, 6) is 1.28. The predicted octanol–water partition coefficient (Wildman–Crippen LogP) is 1.37. The van der Waals surface area contributed by atoms with E-state index in [0.717, 1.165) is 49.6 Å². The number of benzene rings is 1. The third-order valence-corrected chi connectivity index (χ3v) is 4.25. The minimum atomic E-state index is 0.440. The van der Waals surface area contributed by atoms with Crippen LogP contribution in [0, 0.1) is 0 Å². The van der Waals surface area contributed by atoms with Gasteiger partial charge in [0, 0.05) is 44.7 Å². The fourth-order valence-corrected chi connectivity index (χ4v) is 2.94. The largest absolute Gasteiger partial charge is 0.383 e. The van der Waals surface area contributed by atoms with Crippen molar-refractivity contribution in [1.29, 1.82) is 0 Å². The van der Waals surface area contributed by atoms with Gasteiger partial charge < -0.3 is 15.4 Å². The number of anilines is 2. The van der Waals surface area contributed by atoms with Crippen LogP contribution in [0.25, 0.3) is 10.9 Å². The normalized spacial score (nSPS) is 17.8. The van der Waals surface area contributed by atoms with Gasteiger partial charge in [-0.2, -0.15) is 4.98 Å². The number of para-hydroxylation sites is 1. The number of methoxy groups -OCH3 is 1. The number of fused-ring (bicyclic) bond motifs is 1. The minimum absolute atomic E-state index is 0.440. The molecular weight excluding hydrogens is 278 g/mol. The van der Waals surface area contributed by atoms with Crippen molar-refractivity contribution < 1.29 is 4.74 Å². The van der Waals surface area contributed by atoms with Crippen LogP contribution < -0.4 is 10.6 Å². The lowest BCUT2D eigenvalue weighted by atomic mass is 10.2. The lowest BCUT2D eigenvalue weighted by molar-refractivity contribution is 0.0951. The topological polar surface area (TPSA) is 67.5 Å². The number of hydrogen-bond donors (Lipinski definition) is 1. The molecule has 1 saturated heterocycles. The maximum Gasteiger partial charge on any atom is 0.227 e. The van der Waals surface area contributed by atoms with Crippen molar-refractivity contribution in [3.8, 4) is 0 Å². The molecule has 0 radical (unpaired) electrons. The first kappa shape index (κ1) is 15.0. The fraction of sp³-hybridized carbons (Fsp3) is 0.500. The van der Waals surface area contributed by atoms with Gasteiger partial charge >= 0.3 is 0 Å². The van der Waals surface area contributed by atoms with Crippen LogP contribution in [-0.4, -0.2) is 60.8 Å². The van der Waals surface area contributed by atoms with E-state index in [1.54, 1.807) is 7.11 Å². The van der Waals surface area contributed by atoms with Gasteiger partial charge in [0.05, 0.1) is 12.1 Å². The standard InChI is InChI=1S/C16H23N5O/c1-12(11-22-2)20-7-9-21(10-8-20)16-18-14-6-4-3-5-13(14)15(17)19-16/h3-6,12H,7-11H2,1-2H3,(H2,17,18,19). The number of nitrogen functional groups attached to an aromatic ring is 1. The Morgan fingerprint density at radius 3 is 2.64 bits per heavy atom. The van der Waals surface area contributed by atoms with Gasteiger partial charge in [0.2, 0.25) is 5.95 Å². The van der Waals surface area contributed by atoms with Crippen LogP contribution >= 0.6 is 0 Å². The summed E-state index contributed by atoms with van der Waals surface area (Å²) >= 11 is 0. The highest BCUT2D eigenvalue weighted by molar-refractivity contribution is 5.88. The molecule has 1 aliphatic rings. The van der Waals surface area contributed by atoms with E-state index in [1.165, 1.54) is 0 Å². The number of aromatic nitrogens is 2. The molecule has 6 heteroatoms. The maximum atomic E-state index is 6.07. The second-order valence-electron chi connectivity index (χ2n) is 5.75. The zero-order chi connectivity index (χ0) is 15.5. The average molecular weight is 301 g/mol. The molecule has 0 saturated carbocycles. The highest BCUT2D eigenvalue weighted by Crippen LogP contribution is 2.22. The number of nitrogens with zero attached hydrogens (tertiary/aromatic N) is 4. The van der Waals surface area contributed by atoms with Gasteiger partial charge in [-0.05, 0) is 19.1 Å². The summed E-state index contributed by atoms with van der Waals surface area (Å²) in [6, 6.07) is 8.31. The van der Waals surface area contributed by atoms with E-state index in [-0.39, 0.29) is 0 Å². The molecule has 6 nitrogen and oxygen atoms in total. The van der Waals surface area contributed by atoms with Crippen LogP contribution in [0.2, 0.25) is 0 Å². The van der Waals surface area contributed by atoms with Crippen molar-refractivity contribution in [2.24, 2.45) is 0 Å². The van der Waals surface area contributed by atoms with E-state index in [0.29, 0.717) is 11.9 Å². The summed E-state index contributed by atoms with van der Waals surface area (Å²) in [5.41, 5.74) is 6.98. The molecule has 0 bridgehead atoms. The molecule has 1 unspecified atom stereocenters. The van der Waals surface area contributed by atoms with Crippen molar-refractivity contribution in [3.05, 3.63) is 24.3 Å². The van der Waals surface area contributed by atoms with Crippen LogP contribution in [0.5, 0.6) is 0 Å². The van der Waals surface area contributed by atoms with Crippen LogP contribution in [0.15, 0.2) is 24.3 Å². The molecule has 2 N–H and O–H groups in total. The second-order valence-corrected chi connectivity index (χ2v) is 5.75. The van der Waals surface area contributed by atoms with Gasteiger partial charge in [0.15, 0.2) is 0 Å². The number of hydrogen-bond acceptors (Lipinski definition) is 6. The SMILES string of the molecule is COCC(C)N1CCN(c2nc(N)c3ccccc3n2)CC1. The number of piperazine rings is 1. The maximum absolute atomic E-state index is 6.07. The van der Waals surface area contributed by atoms with Crippen molar-refractivity contribution in [1.82, 2.24) is 14.9 Å². The fourth-order valence-electron chi connectivity index (χ4n) is 2.94. The van der Waals surface area contributed by atoms with E-state index >= 15 is 0 Å². The summed E-state index contributed by atoms with van der Waals surface area (Å²) < 4.78 is 5.24. The van der Waals surface area contributed by atoms with E-state index in [2.05, 4.69) is 26.7 Å². The number of nitrogens with two attached hydrogens (primary N) is 1. The second kappa shape index (κ2) is 6.46. The summed E-state index contributed by atoms with van der Waals surface area (Å²) in [6.45, 7) is 6.75.